The molecule has 0 aliphatic heterocycles. The van der Waals surface area contributed by atoms with Crippen LogP contribution in [-0.4, -0.2) is 25.1 Å². The highest BCUT2D eigenvalue weighted by Crippen LogP contribution is 2.52. The van der Waals surface area contributed by atoms with Gasteiger partial charge in [-0.3, -0.25) is 4.79 Å². The number of ketones is 1. The lowest BCUT2D eigenvalue weighted by Gasteiger charge is -2.45. The number of Topliss-reactive ketones (excluding diaryl/α,β-unsaturated/α-hetero) is 1. The molecule has 0 aromatic heterocycles. The number of sulfone groups is 1. The molecule has 2 aliphatic carbocycles. The molecular formula is C20H17F7O3S. The molecule has 3 rings (SSSR count). The van der Waals surface area contributed by atoms with Crippen molar-refractivity contribution in [1.82, 2.24) is 0 Å². The van der Waals surface area contributed by atoms with Crippen LogP contribution in [0.3, 0.4) is 0 Å². The summed E-state index contributed by atoms with van der Waals surface area (Å²) in [4.78, 5) is 11.1. The summed E-state index contributed by atoms with van der Waals surface area (Å²) < 4.78 is 118. The normalized spacial score (nSPS) is 24.7. The molecule has 0 amide bonds. The van der Waals surface area contributed by atoms with Crippen molar-refractivity contribution in [3.05, 3.63) is 53.9 Å². The lowest BCUT2D eigenvalue weighted by molar-refractivity contribution is -0.174. The second-order valence-electron chi connectivity index (χ2n) is 7.63. The second kappa shape index (κ2) is 7.75. The van der Waals surface area contributed by atoms with Crippen LogP contribution >= 0.6 is 0 Å². The van der Waals surface area contributed by atoms with Crippen molar-refractivity contribution >= 4 is 15.6 Å². The lowest BCUT2D eigenvalue weighted by atomic mass is 9.71. The van der Waals surface area contributed by atoms with Crippen LogP contribution in [0.4, 0.5) is 30.7 Å². The molecule has 1 aromatic rings. The molecule has 1 aromatic carbocycles. The van der Waals surface area contributed by atoms with Crippen molar-refractivity contribution in [2.45, 2.75) is 47.7 Å². The van der Waals surface area contributed by atoms with Gasteiger partial charge < -0.3 is 0 Å². The first-order valence-corrected chi connectivity index (χ1v) is 10.7. The van der Waals surface area contributed by atoms with Crippen molar-refractivity contribution in [3.8, 4) is 0 Å². The fourth-order valence-corrected chi connectivity index (χ4v) is 6.51. The Bertz CT molecular complexity index is 1010. The maximum atomic E-state index is 14.0. The van der Waals surface area contributed by atoms with E-state index in [0.29, 0.717) is 42.5 Å². The van der Waals surface area contributed by atoms with Gasteiger partial charge in [-0.25, -0.2) is 12.8 Å². The molecule has 11 heteroatoms. The van der Waals surface area contributed by atoms with Crippen molar-refractivity contribution in [3.63, 3.8) is 0 Å². The summed E-state index contributed by atoms with van der Waals surface area (Å²) in [6.07, 6.45) is -9.56. The average Bonchev–Trinajstić information content (AvgIpc) is 2.67. The van der Waals surface area contributed by atoms with Crippen LogP contribution < -0.4 is 0 Å². The molecule has 2 aliphatic rings. The van der Waals surface area contributed by atoms with Crippen molar-refractivity contribution in [1.29, 1.82) is 0 Å². The molecule has 1 fully saturated rings. The van der Waals surface area contributed by atoms with Crippen LogP contribution in [0.25, 0.3) is 0 Å². The SMILES string of the molecule is O=C1CCC(C2C=C(F)C=CC2C(F)(F)F)(S(=O)(=O)c2ccc(C(F)(F)F)cc2)CC1. The highest BCUT2D eigenvalue weighted by atomic mass is 32.2. The van der Waals surface area contributed by atoms with Crippen LogP contribution in [0.15, 0.2) is 53.2 Å². The zero-order valence-corrected chi connectivity index (χ0v) is 16.6. The molecule has 170 valence electrons. The van der Waals surface area contributed by atoms with Crippen LogP contribution in [-0.2, 0) is 20.8 Å². The van der Waals surface area contributed by atoms with E-state index in [1.54, 1.807) is 0 Å². The van der Waals surface area contributed by atoms with Crippen molar-refractivity contribution < 1.29 is 43.9 Å². The predicted molar refractivity (Wildman–Crippen MR) is 96.2 cm³/mol. The maximum Gasteiger partial charge on any atom is 0.416 e. The van der Waals surface area contributed by atoms with E-state index in [1.807, 2.05) is 0 Å². The first-order valence-electron chi connectivity index (χ1n) is 9.24. The van der Waals surface area contributed by atoms with E-state index in [0.717, 1.165) is 0 Å². The van der Waals surface area contributed by atoms with E-state index in [2.05, 4.69) is 0 Å². The number of carbonyl (C=O) groups is 1. The van der Waals surface area contributed by atoms with Crippen LogP contribution in [0, 0.1) is 11.8 Å². The Kier molecular flexibility index (Phi) is 5.88. The van der Waals surface area contributed by atoms with Gasteiger partial charge in [0.15, 0.2) is 9.84 Å². The topological polar surface area (TPSA) is 51.2 Å². The quantitative estimate of drug-likeness (QED) is 0.542. The third-order valence-corrected chi connectivity index (χ3v) is 8.50. The Hall–Kier alpha value is -2.17. The minimum absolute atomic E-state index is 0.333. The number of allylic oxidation sites excluding steroid dienone is 4. The molecule has 3 nitrogen and oxygen atoms in total. The molecular weight excluding hydrogens is 453 g/mol. The summed E-state index contributed by atoms with van der Waals surface area (Å²) in [7, 11) is -4.69. The highest BCUT2D eigenvalue weighted by Gasteiger charge is 2.59. The first-order chi connectivity index (χ1) is 14.2. The third-order valence-electron chi connectivity index (χ3n) is 5.86. The number of alkyl halides is 6. The highest BCUT2D eigenvalue weighted by molar-refractivity contribution is 7.92. The van der Waals surface area contributed by atoms with Gasteiger partial charge in [0.2, 0.25) is 0 Å². The van der Waals surface area contributed by atoms with Gasteiger partial charge in [-0.1, -0.05) is 6.08 Å². The van der Waals surface area contributed by atoms with E-state index in [4.69, 9.17) is 0 Å². The molecule has 2 atom stereocenters. The Morgan fingerprint density at radius 2 is 1.48 bits per heavy atom. The molecule has 0 spiro atoms. The van der Waals surface area contributed by atoms with E-state index in [-0.39, 0.29) is 18.6 Å². The molecule has 1 saturated carbocycles. The van der Waals surface area contributed by atoms with Gasteiger partial charge in [-0.15, -0.1) is 0 Å². The van der Waals surface area contributed by atoms with E-state index in [9.17, 15) is 43.9 Å². The summed E-state index contributed by atoms with van der Waals surface area (Å²) in [6.45, 7) is 0. The van der Waals surface area contributed by atoms with Crippen molar-refractivity contribution in [2.24, 2.45) is 11.8 Å². The number of hydrogen-bond donors (Lipinski definition) is 0. The van der Waals surface area contributed by atoms with Crippen LogP contribution in [0.5, 0.6) is 0 Å². The van der Waals surface area contributed by atoms with Gasteiger partial charge in [0.05, 0.1) is 21.1 Å². The number of benzene rings is 1. The van der Waals surface area contributed by atoms with Crippen LogP contribution in [0.1, 0.15) is 31.2 Å². The van der Waals surface area contributed by atoms with E-state index >= 15 is 0 Å². The Labute approximate surface area is 173 Å². The van der Waals surface area contributed by atoms with Gasteiger partial charge in [-0.05, 0) is 49.3 Å². The molecule has 0 saturated heterocycles. The largest absolute Gasteiger partial charge is 0.416 e. The Morgan fingerprint density at radius 3 is 1.97 bits per heavy atom. The first kappa shape index (κ1) is 23.5. The fourth-order valence-electron chi connectivity index (χ4n) is 4.23. The summed E-state index contributed by atoms with van der Waals surface area (Å²) in [5, 5.41) is 0. The summed E-state index contributed by atoms with van der Waals surface area (Å²) in [5.41, 5.74) is -1.13. The lowest BCUT2D eigenvalue weighted by Crippen LogP contribution is -2.53. The summed E-state index contributed by atoms with van der Waals surface area (Å²) >= 11 is 0. The van der Waals surface area contributed by atoms with Crippen molar-refractivity contribution in [2.75, 3.05) is 0 Å². The molecule has 2 unspecified atom stereocenters. The third kappa shape index (κ3) is 4.28. The zero-order chi connectivity index (χ0) is 23.2. The van der Waals surface area contributed by atoms with E-state index in [1.165, 1.54) is 0 Å². The zero-order valence-electron chi connectivity index (χ0n) is 15.8. The maximum absolute atomic E-state index is 14.0. The van der Waals surface area contributed by atoms with Gasteiger partial charge in [0.1, 0.15) is 11.6 Å². The van der Waals surface area contributed by atoms with E-state index < -0.39 is 67.9 Å². The van der Waals surface area contributed by atoms with Gasteiger partial charge in [-0.2, -0.15) is 26.3 Å². The predicted octanol–water partition coefficient (Wildman–Crippen LogP) is 5.58. The standard InChI is InChI=1S/C20H17F7O3S/c21-13-3-6-16(20(25,26)27)17(11-13)18(9-7-14(28)8-10-18)31(29,30)15-4-1-12(2-5-15)19(22,23)24/h1-6,11,16-17H,7-10H2. The average molecular weight is 470 g/mol. The Balaban J connectivity index is 2.16. The molecule has 0 heterocycles. The van der Waals surface area contributed by atoms with Gasteiger partial charge in [0.25, 0.3) is 0 Å². The second-order valence-corrected chi connectivity index (χ2v) is 9.92. The van der Waals surface area contributed by atoms with Crippen LogP contribution in [0.2, 0.25) is 0 Å². The smallest absolute Gasteiger partial charge is 0.300 e. The minimum Gasteiger partial charge on any atom is -0.300 e. The molecule has 31 heavy (non-hydrogen) atoms. The number of halogens is 7. The Morgan fingerprint density at radius 1 is 0.935 bits per heavy atom. The molecule has 0 bridgehead atoms. The minimum atomic E-state index is -4.90. The van der Waals surface area contributed by atoms with Gasteiger partial charge in [0, 0.05) is 18.8 Å². The number of carbonyl (C=O) groups excluding carboxylic acids is 1. The monoisotopic (exact) mass is 470 g/mol. The molecule has 0 N–H and O–H groups in total. The molecule has 0 radical (unpaired) electrons. The summed E-state index contributed by atoms with van der Waals surface area (Å²) in [6, 6.07) is 2.40. The number of rotatable bonds is 3. The number of hydrogen-bond acceptors (Lipinski definition) is 3. The van der Waals surface area contributed by atoms with Gasteiger partial charge >= 0.3 is 12.4 Å². The fraction of sp³-hybridized carbons (Fsp3) is 0.450. The summed E-state index contributed by atoms with van der Waals surface area (Å²) in [5.74, 6) is -5.61.